The van der Waals surface area contributed by atoms with Gasteiger partial charge in [0.05, 0.1) is 23.0 Å². The lowest BCUT2D eigenvalue weighted by molar-refractivity contribution is 0.516. The van der Waals surface area contributed by atoms with Crippen LogP contribution in [0.4, 0.5) is 4.39 Å². The highest BCUT2D eigenvalue weighted by Gasteiger charge is 2.23. The molecule has 1 heterocycles. The normalized spacial score (nSPS) is 12.7. The fraction of sp³-hybridized carbons (Fsp3) is 0.357. The third-order valence-electron chi connectivity index (χ3n) is 3.09. The Balaban J connectivity index is 2.53. The van der Waals surface area contributed by atoms with Crippen molar-refractivity contribution in [1.82, 2.24) is 15.1 Å². The number of hydrogen-bond donors (Lipinski definition) is 1. The highest BCUT2D eigenvalue weighted by molar-refractivity contribution is 6.31. The van der Waals surface area contributed by atoms with E-state index in [4.69, 9.17) is 23.2 Å². The van der Waals surface area contributed by atoms with Gasteiger partial charge >= 0.3 is 0 Å². The minimum absolute atomic E-state index is 0.354. The van der Waals surface area contributed by atoms with Gasteiger partial charge in [-0.05, 0) is 25.6 Å². The van der Waals surface area contributed by atoms with E-state index in [1.54, 1.807) is 23.0 Å². The van der Waals surface area contributed by atoms with Crippen LogP contribution in [-0.2, 0) is 6.54 Å². The molecular weight excluding hydrogens is 300 g/mol. The van der Waals surface area contributed by atoms with Gasteiger partial charge in [0.25, 0.3) is 0 Å². The Bertz CT molecular complexity index is 598. The maximum atomic E-state index is 14.2. The number of aromatic nitrogens is 2. The van der Waals surface area contributed by atoms with Gasteiger partial charge in [-0.2, -0.15) is 5.10 Å². The van der Waals surface area contributed by atoms with Gasteiger partial charge in [0.2, 0.25) is 0 Å². The van der Waals surface area contributed by atoms with Crippen molar-refractivity contribution in [3.63, 3.8) is 0 Å². The van der Waals surface area contributed by atoms with Crippen LogP contribution in [0.15, 0.2) is 24.4 Å². The molecule has 20 heavy (non-hydrogen) atoms. The first-order chi connectivity index (χ1) is 9.58. The van der Waals surface area contributed by atoms with E-state index < -0.39 is 0 Å². The number of nitrogens with one attached hydrogen (secondary N) is 1. The Morgan fingerprint density at radius 3 is 2.70 bits per heavy atom. The summed E-state index contributed by atoms with van der Waals surface area (Å²) < 4.78 is 16.0. The molecule has 0 fully saturated rings. The lowest BCUT2D eigenvalue weighted by Crippen LogP contribution is -2.26. The van der Waals surface area contributed by atoms with E-state index in [0.29, 0.717) is 28.7 Å². The Morgan fingerprint density at radius 2 is 2.10 bits per heavy atom. The fourth-order valence-electron chi connectivity index (χ4n) is 2.20. The fourth-order valence-corrected chi connectivity index (χ4v) is 2.61. The molecule has 0 spiro atoms. The van der Waals surface area contributed by atoms with Crippen molar-refractivity contribution >= 4 is 23.2 Å². The molecule has 0 saturated heterocycles. The summed E-state index contributed by atoms with van der Waals surface area (Å²) in [6, 6.07) is 4.30. The SMILES string of the molecule is CCNC(c1ccc(Cl)cc1F)c1c(Cl)cnn1CC. The Labute approximate surface area is 127 Å². The molecule has 0 aliphatic heterocycles. The average molecular weight is 316 g/mol. The summed E-state index contributed by atoms with van der Waals surface area (Å²) in [5, 5.41) is 8.35. The zero-order chi connectivity index (χ0) is 14.7. The van der Waals surface area contributed by atoms with Gasteiger partial charge in [-0.15, -0.1) is 0 Å². The second kappa shape index (κ2) is 6.57. The van der Waals surface area contributed by atoms with Crippen LogP contribution in [-0.4, -0.2) is 16.3 Å². The van der Waals surface area contributed by atoms with Crippen LogP contribution in [0.1, 0.15) is 31.1 Å². The summed E-state index contributed by atoms with van der Waals surface area (Å²) in [4.78, 5) is 0. The van der Waals surface area contributed by atoms with Crippen LogP contribution in [0, 0.1) is 5.82 Å². The molecule has 3 nitrogen and oxygen atoms in total. The number of halogens is 3. The Morgan fingerprint density at radius 1 is 1.35 bits per heavy atom. The molecule has 2 aromatic rings. The molecule has 0 saturated carbocycles. The molecule has 6 heteroatoms. The van der Waals surface area contributed by atoms with Gasteiger partial charge in [-0.1, -0.05) is 36.2 Å². The lowest BCUT2D eigenvalue weighted by Gasteiger charge is -2.21. The molecule has 2 rings (SSSR count). The molecule has 1 aromatic heterocycles. The molecule has 0 aliphatic rings. The first-order valence-electron chi connectivity index (χ1n) is 6.48. The van der Waals surface area contributed by atoms with E-state index in [1.165, 1.54) is 6.07 Å². The van der Waals surface area contributed by atoms with Crippen LogP contribution in [0.5, 0.6) is 0 Å². The summed E-state index contributed by atoms with van der Waals surface area (Å²) in [5.41, 5.74) is 1.27. The van der Waals surface area contributed by atoms with Crippen LogP contribution in [0.2, 0.25) is 10.0 Å². The molecular formula is C14H16Cl2FN3. The minimum atomic E-state index is -0.358. The number of benzene rings is 1. The van der Waals surface area contributed by atoms with Gasteiger partial charge in [-0.3, -0.25) is 4.68 Å². The van der Waals surface area contributed by atoms with E-state index in [2.05, 4.69) is 10.4 Å². The van der Waals surface area contributed by atoms with E-state index >= 15 is 0 Å². The van der Waals surface area contributed by atoms with Crippen LogP contribution in [0.3, 0.4) is 0 Å². The standard InChI is InChI=1S/C14H16Cl2FN3/c1-3-18-13(10-6-5-9(15)7-12(10)17)14-11(16)8-19-20(14)4-2/h5-8,13,18H,3-4H2,1-2H3. The van der Waals surface area contributed by atoms with Crippen LogP contribution < -0.4 is 5.32 Å². The van der Waals surface area contributed by atoms with E-state index in [-0.39, 0.29) is 11.9 Å². The average Bonchev–Trinajstić information content (AvgIpc) is 2.78. The van der Waals surface area contributed by atoms with Gasteiger partial charge in [-0.25, -0.2) is 4.39 Å². The minimum Gasteiger partial charge on any atom is -0.305 e. The molecule has 0 aliphatic carbocycles. The number of nitrogens with zero attached hydrogens (tertiary/aromatic N) is 2. The van der Waals surface area contributed by atoms with Gasteiger partial charge in [0, 0.05) is 17.1 Å². The monoisotopic (exact) mass is 315 g/mol. The van der Waals surface area contributed by atoms with Crippen molar-refractivity contribution in [2.75, 3.05) is 6.54 Å². The van der Waals surface area contributed by atoms with Gasteiger partial charge in [0.1, 0.15) is 5.82 Å². The maximum absolute atomic E-state index is 14.2. The summed E-state index contributed by atoms with van der Waals surface area (Å²) in [5.74, 6) is -0.358. The molecule has 0 bridgehead atoms. The van der Waals surface area contributed by atoms with Crippen molar-refractivity contribution in [2.24, 2.45) is 0 Å². The Hall–Kier alpha value is -1.10. The largest absolute Gasteiger partial charge is 0.305 e. The van der Waals surface area contributed by atoms with Crippen molar-refractivity contribution in [2.45, 2.75) is 26.4 Å². The van der Waals surface area contributed by atoms with Crippen LogP contribution >= 0.6 is 23.2 Å². The zero-order valence-corrected chi connectivity index (χ0v) is 12.8. The molecule has 1 N–H and O–H groups in total. The molecule has 1 atom stereocenters. The van der Waals surface area contributed by atoms with Gasteiger partial charge < -0.3 is 5.32 Å². The second-order valence-electron chi connectivity index (χ2n) is 4.35. The second-order valence-corrected chi connectivity index (χ2v) is 5.19. The number of rotatable bonds is 5. The molecule has 108 valence electrons. The zero-order valence-electron chi connectivity index (χ0n) is 11.3. The molecule has 0 radical (unpaired) electrons. The predicted octanol–water partition coefficient (Wildman–Crippen LogP) is 4.05. The summed E-state index contributed by atoms with van der Waals surface area (Å²) >= 11 is 12.0. The number of aryl methyl sites for hydroxylation is 1. The summed E-state index contributed by atoms with van der Waals surface area (Å²) in [6.45, 7) is 5.27. The maximum Gasteiger partial charge on any atom is 0.129 e. The Kier molecular flexibility index (Phi) is 5.02. The van der Waals surface area contributed by atoms with Crippen molar-refractivity contribution < 1.29 is 4.39 Å². The molecule has 1 unspecified atom stereocenters. The van der Waals surface area contributed by atoms with Gasteiger partial charge in [0.15, 0.2) is 0 Å². The van der Waals surface area contributed by atoms with E-state index in [1.807, 2.05) is 13.8 Å². The lowest BCUT2D eigenvalue weighted by atomic mass is 10.0. The first kappa shape index (κ1) is 15.3. The highest BCUT2D eigenvalue weighted by atomic mass is 35.5. The van der Waals surface area contributed by atoms with Crippen molar-refractivity contribution in [1.29, 1.82) is 0 Å². The van der Waals surface area contributed by atoms with Crippen molar-refractivity contribution in [3.8, 4) is 0 Å². The van der Waals surface area contributed by atoms with E-state index in [9.17, 15) is 4.39 Å². The molecule has 0 amide bonds. The quantitative estimate of drug-likeness (QED) is 0.902. The van der Waals surface area contributed by atoms with Crippen molar-refractivity contribution in [3.05, 3.63) is 51.5 Å². The third kappa shape index (κ3) is 2.97. The summed E-state index contributed by atoms with van der Waals surface area (Å²) in [6.07, 6.45) is 1.58. The third-order valence-corrected chi connectivity index (χ3v) is 3.61. The van der Waals surface area contributed by atoms with Crippen LogP contribution in [0.25, 0.3) is 0 Å². The topological polar surface area (TPSA) is 29.9 Å². The highest BCUT2D eigenvalue weighted by Crippen LogP contribution is 2.30. The molecule has 1 aromatic carbocycles. The van der Waals surface area contributed by atoms with E-state index in [0.717, 1.165) is 5.69 Å². The number of hydrogen-bond acceptors (Lipinski definition) is 2. The first-order valence-corrected chi connectivity index (χ1v) is 7.23. The summed E-state index contributed by atoms with van der Waals surface area (Å²) in [7, 11) is 0. The predicted molar refractivity (Wildman–Crippen MR) is 79.8 cm³/mol. The smallest absolute Gasteiger partial charge is 0.129 e.